The molecule has 0 unspecified atom stereocenters. The number of nitrogens with zero attached hydrogens (tertiary/aromatic N) is 4. The van der Waals surface area contributed by atoms with Gasteiger partial charge < -0.3 is 9.88 Å². The second kappa shape index (κ2) is 7.67. The number of carbonyl (C=O) groups is 1. The molecule has 0 saturated carbocycles. The van der Waals surface area contributed by atoms with Crippen molar-refractivity contribution in [3.05, 3.63) is 48.3 Å². The Labute approximate surface area is 155 Å². The zero-order chi connectivity index (χ0) is 19.5. The number of hydrogen-bond acceptors (Lipinski definition) is 4. The summed E-state index contributed by atoms with van der Waals surface area (Å²) in [6.45, 7) is 2.46. The predicted octanol–water partition coefficient (Wildman–Crippen LogP) is 2.26. The lowest BCUT2D eigenvalue weighted by molar-refractivity contribution is -0.145. The second-order valence-corrected chi connectivity index (χ2v) is 6.84. The molecule has 6 nitrogen and oxygen atoms in total. The normalized spacial score (nSPS) is 17.6. The van der Waals surface area contributed by atoms with Crippen molar-refractivity contribution in [3.8, 4) is 0 Å². The van der Waals surface area contributed by atoms with E-state index in [1.54, 1.807) is 17.0 Å². The van der Waals surface area contributed by atoms with Gasteiger partial charge in [0.1, 0.15) is 12.1 Å². The number of pyridine rings is 1. The molecule has 1 aliphatic heterocycles. The molecule has 1 saturated heterocycles. The van der Waals surface area contributed by atoms with Crippen LogP contribution in [0.1, 0.15) is 24.1 Å². The van der Waals surface area contributed by atoms with Gasteiger partial charge in [-0.05, 0) is 31.4 Å². The number of alkyl halides is 3. The summed E-state index contributed by atoms with van der Waals surface area (Å²) in [6.07, 6.45) is 2.76. The third-order valence-corrected chi connectivity index (χ3v) is 5.05. The van der Waals surface area contributed by atoms with Gasteiger partial charge in [0.05, 0.1) is 12.0 Å². The number of halogens is 3. The fourth-order valence-electron chi connectivity index (χ4n) is 3.44. The molecule has 1 aliphatic rings. The van der Waals surface area contributed by atoms with Crippen molar-refractivity contribution < 1.29 is 18.0 Å². The van der Waals surface area contributed by atoms with E-state index in [9.17, 15) is 18.0 Å². The first-order valence-corrected chi connectivity index (χ1v) is 8.76. The number of aryl methyl sites for hydroxylation is 1. The standard InChI is InChI=1S/C18H22F3N5O/c1-14-3-2-6-23-15(14)11-25-8-4-17(5-9-25,26-10-7-22-13-26)16(27)24-12-18(19,20)21/h2-3,6-7,10,13H,4-5,8-9,11-12H2,1H3,(H,24,27). The van der Waals surface area contributed by atoms with Crippen LogP contribution in [0.5, 0.6) is 0 Å². The Kier molecular flexibility index (Phi) is 5.50. The third kappa shape index (κ3) is 4.47. The summed E-state index contributed by atoms with van der Waals surface area (Å²) in [5.74, 6) is -0.619. The molecule has 0 atom stereocenters. The van der Waals surface area contributed by atoms with Crippen molar-refractivity contribution >= 4 is 5.91 Å². The molecule has 9 heteroatoms. The first-order valence-electron chi connectivity index (χ1n) is 8.76. The van der Waals surface area contributed by atoms with Crippen LogP contribution in [0, 0.1) is 6.92 Å². The predicted molar refractivity (Wildman–Crippen MR) is 92.8 cm³/mol. The Morgan fingerprint density at radius 3 is 2.63 bits per heavy atom. The van der Waals surface area contributed by atoms with Crippen LogP contribution < -0.4 is 5.32 Å². The minimum atomic E-state index is -4.44. The highest BCUT2D eigenvalue weighted by Crippen LogP contribution is 2.31. The Bertz CT molecular complexity index is 768. The SMILES string of the molecule is Cc1cccnc1CN1CCC(C(=O)NCC(F)(F)F)(n2ccnc2)CC1. The third-order valence-electron chi connectivity index (χ3n) is 5.05. The quantitative estimate of drug-likeness (QED) is 0.863. The molecule has 0 radical (unpaired) electrons. The summed E-state index contributed by atoms with van der Waals surface area (Å²) in [5, 5.41) is 2.05. The maximum Gasteiger partial charge on any atom is 0.405 e. The first-order chi connectivity index (χ1) is 12.8. The summed E-state index contributed by atoms with van der Waals surface area (Å²) < 4.78 is 39.3. The van der Waals surface area contributed by atoms with Gasteiger partial charge in [-0.25, -0.2) is 4.98 Å². The minimum Gasteiger partial charge on any atom is -0.345 e. The number of piperidine rings is 1. The molecule has 2 aromatic rings. The zero-order valence-electron chi connectivity index (χ0n) is 15.0. The fraction of sp³-hybridized carbons (Fsp3) is 0.500. The van der Waals surface area contributed by atoms with Gasteiger partial charge in [-0.2, -0.15) is 13.2 Å². The molecule has 27 heavy (non-hydrogen) atoms. The van der Waals surface area contributed by atoms with Crippen LogP contribution >= 0.6 is 0 Å². The van der Waals surface area contributed by atoms with Crippen molar-refractivity contribution in [2.45, 2.75) is 38.0 Å². The molecular formula is C18H22F3N5O. The van der Waals surface area contributed by atoms with Crippen molar-refractivity contribution in [2.24, 2.45) is 0 Å². The lowest BCUT2D eigenvalue weighted by atomic mass is 9.86. The molecule has 146 valence electrons. The number of carbonyl (C=O) groups excluding carboxylic acids is 1. The highest BCUT2D eigenvalue weighted by molar-refractivity contribution is 5.84. The highest BCUT2D eigenvalue weighted by atomic mass is 19.4. The van der Waals surface area contributed by atoms with E-state index < -0.39 is 24.2 Å². The zero-order valence-corrected chi connectivity index (χ0v) is 15.0. The van der Waals surface area contributed by atoms with Crippen LogP contribution in [-0.4, -0.2) is 51.2 Å². The molecular weight excluding hydrogens is 359 g/mol. The summed E-state index contributed by atoms with van der Waals surface area (Å²) in [7, 11) is 0. The average molecular weight is 381 g/mol. The number of amides is 1. The van der Waals surface area contributed by atoms with E-state index in [2.05, 4.69) is 20.2 Å². The molecule has 3 heterocycles. The molecule has 3 rings (SSSR count). The Hall–Kier alpha value is -2.42. The van der Waals surface area contributed by atoms with Crippen LogP contribution in [0.2, 0.25) is 0 Å². The number of aromatic nitrogens is 3. The van der Waals surface area contributed by atoms with Crippen molar-refractivity contribution in [3.63, 3.8) is 0 Å². The first kappa shape index (κ1) is 19.3. The van der Waals surface area contributed by atoms with Crippen molar-refractivity contribution in [1.29, 1.82) is 0 Å². The van der Waals surface area contributed by atoms with E-state index in [0.717, 1.165) is 11.3 Å². The summed E-state index contributed by atoms with van der Waals surface area (Å²) in [6, 6.07) is 3.87. The smallest absolute Gasteiger partial charge is 0.345 e. The molecule has 0 spiro atoms. The molecule has 1 fully saturated rings. The van der Waals surface area contributed by atoms with Crippen LogP contribution in [0.3, 0.4) is 0 Å². The summed E-state index contributed by atoms with van der Waals surface area (Å²) in [5.41, 5.74) is 0.998. The van der Waals surface area contributed by atoms with E-state index in [0.29, 0.717) is 32.5 Å². The molecule has 1 N–H and O–H groups in total. The number of imidazole rings is 1. The van der Waals surface area contributed by atoms with Crippen LogP contribution in [0.25, 0.3) is 0 Å². The average Bonchev–Trinajstić information content (AvgIpc) is 3.17. The molecule has 0 aromatic carbocycles. The van der Waals surface area contributed by atoms with E-state index in [1.165, 1.54) is 12.5 Å². The maximum absolute atomic E-state index is 12.7. The molecule has 2 aromatic heterocycles. The van der Waals surface area contributed by atoms with Gasteiger partial charge in [-0.15, -0.1) is 0 Å². The fourth-order valence-corrected chi connectivity index (χ4v) is 3.44. The van der Waals surface area contributed by atoms with Gasteiger partial charge in [0.25, 0.3) is 0 Å². The van der Waals surface area contributed by atoms with Gasteiger partial charge in [-0.1, -0.05) is 6.07 Å². The highest BCUT2D eigenvalue weighted by Gasteiger charge is 2.44. The van der Waals surface area contributed by atoms with Crippen LogP contribution in [0.15, 0.2) is 37.1 Å². The lowest BCUT2D eigenvalue weighted by Crippen LogP contribution is -2.55. The monoisotopic (exact) mass is 381 g/mol. The van der Waals surface area contributed by atoms with Crippen LogP contribution in [0.4, 0.5) is 13.2 Å². The summed E-state index contributed by atoms with van der Waals surface area (Å²) >= 11 is 0. The molecule has 0 bridgehead atoms. The van der Waals surface area contributed by atoms with Gasteiger partial charge in [0.15, 0.2) is 0 Å². The second-order valence-electron chi connectivity index (χ2n) is 6.84. The largest absolute Gasteiger partial charge is 0.405 e. The number of rotatable bonds is 5. The summed E-state index contributed by atoms with van der Waals surface area (Å²) in [4.78, 5) is 23.2. The molecule has 1 amide bonds. The number of hydrogen-bond donors (Lipinski definition) is 1. The van der Waals surface area contributed by atoms with Gasteiger partial charge >= 0.3 is 6.18 Å². The van der Waals surface area contributed by atoms with Gasteiger partial charge in [0.2, 0.25) is 5.91 Å². The minimum absolute atomic E-state index is 0.402. The van der Waals surface area contributed by atoms with E-state index in [4.69, 9.17) is 0 Å². The van der Waals surface area contributed by atoms with Gasteiger partial charge in [0, 0.05) is 38.2 Å². The Morgan fingerprint density at radius 2 is 2.04 bits per heavy atom. The maximum atomic E-state index is 12.7. The Balaban J connectivity index is 1.71. The Morgan fingerprint density at radius 1 is 1.30 bits per heavy atom. The van der Waals surface area contributed by atoms with E-state index in [1.807, 2.05) is 19.1 Å². The van der Waals surface area contributed by atoms with Crippen molar-refractivity contribution in [2.75, 3.05) is 19.6 Å². The molecule has 0 aliphatic carbocycles. The van der Waals surface area contributed by atoms with E-state index in [-0.39, 0.29) is 0 Å². The lowest BCUT2D eigenvalue weighted by Gasteiger charge is -2.41. The van der Waals surface area contributed by atoms with Gasteiger partial charge in [-0.3, -0.25) is 14.7 Å². The number of likely N-dealkylation sites (tertiary alicyclic amines) is 1. The topological polar surface area (TPSA) is 63.1 Å². The van der Waals surface area contributed by atoms with Crippen molar-refractivity contribution in [1.82, 2.24) is 24.8 Å². The van der Waals surface area contributed by atoms with Crippen LogP contribution in [-0.2, 0) is 16.9 Å². The van der Waals surface area contributed by atoms with E-state index >= 15 is 0 Å². The number of nitrogens with one attached hydrogen (secondary N) is 1.